The van der Waals surface area contributed by atoms with Gasteiger partial charge in [0.05, 0.1) is 4.90 Å². The SMILES string of the molecule is CN=C(NCc1ccc(S(=O)(=O)N2CCCC2)cc1)N1CC=C(c2ccccc2)CC1.I. The lowest BCUT2D eigenvalue weighted by atomic mass is 10.00. The van der Waals surface area contributed by atoms with Crippen LogP contribution in [0.5, 0.6) is 0 Å². The zero-order chi connectivity index (χ0) is 21.7. The molecule has 172 valence electrons. The van der Waals surface area contributed by atoms with Gasteiger partial charge in [-0.15, -0.1) is 24.0 Å². The molecular weight excluding hydrogens is 535 g/mol. The van der Waals surface area contributed by atoms with Gasteiger partial charge in [-0.25, -0.2) is 8.42 Å². The largest absolute Gasteiger partial charge is 0.352 e. The van der Waals surface area contributed by atoms with Crippen LogP contribution in [-0.2, 0) is 16.6 Å². The number of hydrogen-bond donors (Lipinski definition) is 1. The fraction of sp³-hybridized carbons (Fsp3) is 0.375. The van der Waals surface area contributed by atoms with E-state index >= 15 is 0 Å². The van der Waals surface area contributed by atoms with E-state index in [0.29, 0.717) is 24.5 Å². The topological polar surface area (TPSA) is 65.0 Å². The van der Waals surface area contributed by atoms with E-state index in [0.717, 1.165) is 43.9 Å². The second-order valence-corrected chi connectivity index (χ2v) is 9.89. The van der Waals surface area contributed by atoms with Crippen molar-refractivity contribution in [2.24, 2.45) is 4.99 Å². The van der Waals surface area contributed by atoms with Crippen LogP contribution >= 0.6 is 24.0 Å². The molecule has 32 heavy (non-hydrogen) atoms. The maximum Gasteiger partial charge on any atom is 0.243 e. The molecular formula is C24H31IN4O2S. The van der Waals surface area contributed by atoms with Gasteiger partial charge in [0.25, 0.3) is 0 Å². The van der Waals surface area contributed by atoms with Crippen molar-refractivity contribution < 1.29 is 8.42 Å². The fourth-order valence-corrected chi connectivity index (χ4v) is 5.66. The number of rotatable bonds is 5. The maximum absolute atomic E-state index is 12.7. The van der Waals surface area contributed by atoms with E-state index in [-0.39, 0.29) is 24.0 Å². The number of halogens is 1. The lowest BCUT2D eigenvalue weighted by molar-refractivity contribution is 0.440. The van der Waals surface area contributed by atoms with Gasteiger partial charge in [0.2, 0.25) is 10.0 Å². The third-order valence-corrected chi connectivity index (χ3v) is 7.85. The first kappa shape index (κ1) is 24.7. The van der Waals surface area contributed by atoms with E-state index in [2.05, 4.69) is 45.6 Å². The lowest BCUT2D eigenvalue weighted by Gasteiger charge is -2.30. The first-order chi connectivity index (χ1) is 15.1. The highest BCUT2D eigenvalue weighted by Gasteiger charge is 2.26. The van der Waals surface area contributed by atoms with Crippen molar-refractivity contribution in [3.8, 4) is 0 Å². The van der Waals surface area contributed by atoms with Crippen LogP contribution in [0.25, 0.3) is 5.57 Å². The molecule has 0 bridgehead atoms. The van der Waals surface area contributed by atoms with Gasteiger partial charge in [0.1, 0.15) is 0 Å². The highest BCUT2D eigenvalue weighted by atomic mass is 127. The zero-order valence-electron chi connectivity index (χ0n) is 18.4. The number of guanidine groups is 1. The average molecular weight is 567 g/mol. The molecule has 2 aromatic rings. The van der Waals surface area contributed by atoms with Crippen LogP contribution in [0.2, 0.25) is 0 Å². The minimum Gasteiger partial charge on any atom is -0.352 e. The predicted molar refractivity (Wildman–Crippen MR) is 141 cm³/mol. The summed E-state index contributed by atoms with van der Waals surface area (Å²) in [5.41, 5.74) is 3.69. The van der Waals surface area contributed by atoms with Crippen molar-refractivity contribution in [3.63, 3.8) is 0 Å². The molecule has 2 aromatic carbocycles. The van der Waals surface area contributed by atoms with E-state index in [9.17, 15) is 8.42 Å². The van der Waals surface area contributed by atoms with Gasteiger partial charge in [-0.2, -0.15) is 4.31 Å². The molecule has 0 spiro atoms. The Bertz CT molecular complexity index is 1050. The van der Waals surface area contributed by atoms with Crippen molar-refractivity contribution in [3.05, 3.63) is 71.8 Å². The fourth-order valence-electron chi connectivity index (χ4n) is 4.15. The molecule has 0 atom stereocenters. The molecule has 2 heterocycles. The Labute approximate surface area is 208 Å². The molecule has 0 amide bonds. The van der Waals surface area contributed by atoms with Crippen LogP contribution < -0.4 is 5.32 Å². The molecule has 2 aliphatic rings. The van der Waals surface area contributed by atoms with Crippen LogP contribution in [0.4, 0.5) is 0 Å². The van der Waals surface area contributed by atoms with Crippen LogP contribution in [0.15, 0.2) is 70.6 Å². The van der Waals surface area contributed by atoms with E-state index in [4.69, 9.17) is 0 Å². The molecule has 4 rings (SSSR count). The molecule has 0 saturated carbocycles. The summed E-state index contributed by atoms with van der Waals surface area (Å²) in [7, 11) is -1.57. The summed E-state index contributed by atoms with van der Waals surface area (Å²) in [6.45, 7) is 3.57. The number of hydrogen-bond acceptors (Lipinski definition) is 3. The quantitative estimate of drug-likeness (QED) is 0.338. The molecule has 2 aliphatic heterocycles. The predicted octanol–water partition coefficient (Wildman–Crippen LogP) is 3.95. The molecule has 1 fully saturated rings. The Morgan fingerprint density at radius 2 is 1.69 bits per heavy atom. The van der Waals surface area contributed by atoms with E-state index in [1.54, 1.807) is 23.5 Å². The van der Waals surface area contributed by atoms with Gasteiger partial charge in [-0.1, -0.05) is 48.5 Å². The van der Waals surface area contributed by atoms with Gasteiger partial charge >= 0.3 is 0 Å². The minimum absolute atomic E-state index is 0. The van der Waals surface area contributed by atoms with Gasteiger partial charge in [-0.05, 0) is 48.1 Å². The van der Waals surface area contributed by atoms with Gasteiger partial charge in [0.15, 0.2) is 5.96 Å². The molecule has 0 radical (unpaired) electrons. The highest BCUT2D eigenvalue weighted by molar-refractivity contribution is 14.0. The Morgan fingerprint density at radius 3 is 2.28 bits per heavy atom. The smallest absolute Gasteiger partial charge is 0.243 e. The standard InChI is InChI=1S/C24H30N4O2S.HI/c1-25-24(27-17-13-22(14-18-27)21-7-3-2-4-8-21)26-19-20-9-11-23(12-10-20)31(29,30)28-15-5-6-16-28;/h2-4,7-13H,5-6,14-19H2,1H3,(H,25,26);1H. The minimum atomic E-state index is -3.36. The third-order valence-electron chi connectivity index (χ3n) is 5.94. The number of benzene rings is 2. The molecule has 0 aliphatic carbocycles. The van der Waals surface area contributed by atoms with Gasteiger partial charge in [-0.3, -0.25) is 4.99 Å². The second kappa shape index (κ2) is 11.3. The Morgan fingerprint density at radius 1 is 1.00 bits per heavy atom. The number of sulfonamides is 1. The molecule has 1 N–H and O–H groups in total. The second-order valence-electron chi connectivity index (χ2n) is 7.95. The van der Waals surface area contributed by atoms with Crippen molar-refractivity contribution in [1.82, 2.24) is 14.5 Å². The van der Waals surface area contributed by atoms with E-state index in [1.165, 1.54) is 11.1 Å². The highest BCUT2D eigenvalue weighted by Crippen LogP contribution is 2.23. The maximum atomic E-state index is 12.7. The monoisotopic (exact) mass is 566 g/mol. The molecule has 0 unspecified atom stereocenters. The number of aliphatic imine (C=N–C) groups is 1. The molecule has 6 nitrogen and oxygen atoms in total. The first-order valence-corrected chi connectivity index (χ1v) is 12.3. The third kappa shape index (κ3) is 5.71. The Hall–Kier alpha value is -1.91. The summed E-state index contributed by atoms with van der Waals surface area (Å²) in [5.74, 6) is 0.858. The Balaban J connectivity index is 0.00000289. The summed E-state index contributed by atoms with van der Waals surface area (Å²) >= 11 is 0. The molecule has 8 heteroatoms. The molecule has 1 saturated heterocycles. The van der Waals surface area contributed by atoms with Crippen LogP contribution in [0.1, 0.15) is 30.4 Å². The van der Waals surface area contributed by atoms with E-state index < -0.39 is 10.0 Å². The average Bonchev–Trinajstić information content (AvgIpc) is 3.37. The van der Waals surface area contributed by atoms with Crippen molar-refractivity contribution >= 4 is 45.5 Å². The summed E-state index contributed by atoms with van der Waals surface area (Å²) in [6.07, 6.45) is 5.13. The first-order valence-electron chi connectivity index (χ1n) is 10.9. The lowest BCUT2D eigenvalue weighted by Crippen LogP contribution is -2.43. The zero-order valence-corrected chi connectivity index (χ0v) is 21.6. The Kier molecular flexibility index (Phi) is 8.72. The van der Waals surface area contributed by atoms with Crippen molar-refractivity contribution in [2.75, 3.05) is 33.2 Å². The van der Waals surface area contributed by atoms with Gasteiger partial charge in [0, 0.05) is 39.8 Å². The van der Waals surface area contributed by atoms with Crippen LogP contribution in [0.3, 0.4) is 0 Å². The summed E-state index contributed by atoms with van der Waals surface area (Å²) in [4.78, 5) is 7.04. The van der Waals surface area contributed by atoms with Gasteiger partial charge < -0.3 is 10.2 Å². The summed E-state index contributed by atoms with van der Waals surface area (Å²) in [5, 5.41) is 3.41. The van der Waals surface area contributed by atoms with Crippen molar-refractivity contribution in [1.29, 1.82) is 0 Å². The number of nitrogens with one attached hydrogen (secondary N) is 1. The summed E-state index contributed by atoms with van der Waals surface area (Å²) < 4.78 is 26.9. The normalized spacial score (nSPS) is 17.6. The number of nitrogens with zero attached hydrogens (tertiary/aromatic N) is 3. The van der Waals surface area contributed by atoms with Crippen LogP contribution in [0, 0.1) is 0 Å². The molecule has 0 aromatic heterocycles. The summed E-state index contributed by atoms with van der Waals surface area (Å²) in [6, 6.07) is 17.7. The van der Waals surface area contributed by atoms with E-state index in [1.807, 2.05) is 18.2 Å². The van der Waals surface area contributed by atoms with Crippen molar-refractivity contribution in [2.45, 2.75) is 30.7 Å². The van der Waals surface area contributed by atoms with Crippen LogP contribution in [-0.4, -0.2) is 56.8 Å².